The van der Waals surface area contributed by atoms with E-state index in [1.54, 1.807) is 60.9 Å². The normalized spacial score (nSPS) is 11.3. The van der Waals surface area contributed by atoms with Gasteiger partial charge in [-0.3, -0.25) is 9.36 Å². The minimum Gasteiger partial charge on any atom is -0.485 e. The second kappa shape index (κ2) is 12.3. The number of benzene rings is 3. The molecule has 0 aliphatic rings. The molecule has 1 heterocycles. The molecule has 4 aromatic rings. The summed E-state index contributed by atoms with van der Waals surface area (Å²) in [6.07, 6.45) is 1.94. The number of nitrogens with zero attached hydrogens (tertiary/aromatic N) is 3. The summed E-state index contributed by atoms with van der Waals surface area (Å²) in [5.41, 5.74) is 3.01. The Bertz CT molecular complexity index is 1600. The standard InChI is InChI=1S/C33H34FN3O3/c1-5-9-30-36-29(6-2)31(22-14-16-26(17-15-22)40-33(3,4)21-38)32(39)37(30)20-25-13-12-23(18-28(25)34)27-11-8-7-10-24(27)19-35/h7-8,10-18,38H,5-6,9,20-21H2,1-4H3. The number of aliphatic hydroxyl groups excluding tert-OH is 1. The lowest BCUT2D eigenvalue weighted by Crippen LogP contribution is -2.32. The zero-order chi connectivity index (χ0) is 28.9. The first-order valence-corrected chi connectivity index (χ1v) is 13.5. The number of hydrogen-bond acceptors (Lipinski definition) is 5. The zero-order valence-corrected chi connectivity index (χ0v) is 23.4. The molecule has 206 valence electrons. The highest BCUT2D eigenvalue weighted by Crippen LogP contribution is 2.27. The Balaban J connectivity index is 1.76. The zero-order valence-electron chi connectivity index (χ0n) is 23.4. The van der Waals surface area contributed by atoms with Gasteiger partial charge in [-0.15, -0.1) is 0 Å². The first-order valence-electron chi connectivity index (χ1n) is 13.5. The first kappa shape index (κ1) is 28.7. The molecule has 0 radical (unpaired) electrons. The predicted octanol–water partition coefficient (Wildman–Crippen LogP) is 6.30. The summed E-state index contributed by atoms with van der Waals surface area (Å²) in [5.74, 6) is 0.752. The average molecular weight is 540 g/mol. The largest absolute Gasteiger partial charge is 0.485 e. The number of aromatic nitrogens is 2. The molecule has 0 spiro atoms. The van der Waals surface area contributed by atoms with Crippen molar-refractivity contribution >= 4 is 0 Å². The second-order valence-corrected chi connectivity index (χ2v) is 10.4. The van der Waals surface area contributed by atoms with Crippen LogP contribution in [0, 0.1) is 17.1 Å². The van der Waals surface area contributed by atoms with Gasteiger partial charge in [0.2, 0.25) is 0 Å². The maximum atomic E-state index is 15.4. The lowest BCUT2D eigenvalue weighted by atomic mass is 9.99. The maximum absolute atomic E-state index is 15.4. The summed E-state index contributed by atoms with van der Waals surface area (Å²) >= 11 is 0. The van der Waals surface area contributed by atoms with Crippen molar-refractivity contribution in [1.82, 2.24) is 9.55 Å². The van der Waals surface area contributed by atoms with E-state index in [0.717, 1.165) is 6.42 Å². The van der Waals surface area contributed by atoms with Crippen molar-refractivity contribution in [2.24, 2.45) is 0 Å². The van der Waals surface area contributed by atoms with Crippen molar-refractivity contribution in [2.45, 2.75) is 59.1 Å². The van der Waals surface area contributed by atoms with Gasteiger partial charge < -0.3 is 9.84 Å². The van der Waals surface area contributed by atoms with Gasteiger partial charge >= 0.3 is 0 Å². The van der Waals surface area contributed by atoms with Crippen LogP contribution in [0.3, 0.4) is 0 Å². The van der Waals surface area contributed by atoms with Crippen LogP contribution in [0.25, 0.3) is 22.3 Å². The summed E-state index contributed by atoms with van der Waals surface area (Å²) in [6, 6.07) is 21.3. The van der Waals surface area contributed by atoms with E-state index in [0.29, 0.717) is 63.5 Å². The van der Waals surface area contributed by atoms with Crippen molar-refractivity contribution in [3.8, 4) is 34.1 Å². The Labute approximate surface area is 234 Å². The maximum Gasteiger partial charge on any atom is 0.261 e. The minimum absolute atomic E-state index is 0.0378. The van der Waals surface area contributed by atoms with Crippen LogP contribution in [0.5, 0.6) is 5.75 Å². The topological polar surface area (TPSA) is 88.1 Å². The fourth-order valence-electron chi connectivity index (χ4n) is 4.66. The van der Waals surface area contributed by atoms with Crippen LogP contribution in [0.4, 0.5) is 4.39 Å². The molecule has 1 aromatic heterocycles. The van der Waals surface area contributed by atoms with Gasteiger partial charge in [-0.25, -0.2) is 9.37 Å². The van der Waals surface area contributed by atoms with Gasteiger partial charge in [0.15, 0.2) is 0 Å². The van der Waals surface area contributed by atoms with Crippen LogP contribution >= 0.6 is 0 Å². The van der Waals surface area contributed by atoms with Crippen molar-refractivity contribution < 1.29 is 14.2 Å². The van der Waals surface area contributed by atoms with Crippen LogP contribution in [0.1, 0.15) is 56.8 Å². The van der Waals surface area contributed by atoms with Crippen LogP contribution in [-0.4, -0.2) is 26.9 Å². The molecule has 0 atom stereocenters. The molecule has 7 heteroatoms. The van der Waals surface area contributed by atoms with E-state index in [4.69, 9.17) is 9.72 Å². The SMILES string of the molecule is CCCc1nc(CC)c(-c2ccc(OC(C)(C)CO)cc2)c(=O)n1Cc1ccc(-c2ccccc2C#N)cc1F. The number of halogens is 1. The lowest BCUT2D eigenvalue weighted by molar-refractivity contribution is 0.0413. The van der Waals surface area contributed by atoms with Crippen molar-refractivity contribution in [2.75, 3.05) is 6.61 Å². The van der Waals surface area contributed by atoms with E-state index in [-0.39, 0.29) is 18.7 Å². The summed E-state index contributed by atoms with van der Waals surface area (Å²) in [5, 5.41) is 19.0. The molecule has 0 bridgehead atoms. The van der Waals surface area contributed by atoms with E-state index in [2.05, 4.69) is 6.07 Å². The third-order valence-corrected chi connectivity index (χ3v) is 6.79. The van der Waals surface area contributed by atoms with E-state index < -0.39 is 11.4 Å². The number of hydrogen-bond donors (Lipinski definition) is 1. The number of nitriles is 1. The molecule has 0 amide bonds. The molecule has 0 saturated carbocycles. The van der Waals surface area contributed by atoms with Crippen LogP contribution in [-0.2, 0) is 19.4 Å². The fourth-order valence-corrected chi connectivity index (χ4v) is 4.66. The third-order valence-electron chi connectivity index (χ3n) is 6.79. The molecule has 40 heavy (non-hydrogen) atoms. The van der Waals surface area contributed by atoms with Crippen LogP contribution in [0.15, 0.2) is 71.5 Å². The molecule has 1 N–H and O–H groups in total. The molecule has 3 aromatic carbocycles. The molecule has 0 saturated heterocycles. The average Bonchev–Trinajstić information content (AvgIpc) is 2.96. The highest BCUT2D eigenvalue weighted by Gasteiger charge is 2.21. The smallest absolute Gasteiger partial charge is 0.261 e. The summed E-state index contributed by atoms with van der Waals surface area (Å²) in [6.45, 7) is 7.47. The van der Waals surface area contributed by atoms with E-state index in [9.17, 15) is 15.2 Å². The Morgan fingerprint density at radius 3 is 2.38 bits per heavy atom. The van der Waals surface area contributed by atoms with E-state index in [1.807, 2.05) is 32.0 Å². The summed E-state index contributed by atoms with van der Waals surface area (Å²) in [4.78, 5) is 18.9. The number of ether oxygens (including phenoxy) is 1. The molecule has 4 rings (SSSR count). The van der Waals surface area contributed by atoms with Gasteiger partial charge in [-0.2, -0.15) is 5.26 Å². The summed E-state index contributed by atoms with van der Waals surface area (Å²) in [7, 11) is 0. The van der Waals surface area contributed by atoms with Crippen LogP contribution < -0.4 is 10.3 Å². The fraction of sp³-hybridized carbons (Fsp3) is 0.303. The second-order valence-electron chi connectivity index (χ2n) is 10.4. The molecule has 0 unspecified atom stereocenters. The molecule has 0 aliphatic carbocycles. The van der Waals surface area contributed by atoms with Crippen LogP contribution in [0.2, 0.25) is 0 Å². The van der Waals surface area contributed by atoms with Gasteiger partial charge in [0.25, 0.3) is 5.56 Å². The van der Waals surface area contributed by atoms with Gasteiger partial charge in [-0.05, 0) is 67.6 Å². The molecule has 6 nitrogen and oxygen atoms in total. The number of rotatable bonds is 10. The highest BCUT2D eigenvalue weighted by molar-refractivity contribution is 5.71. The Hall–Kier alpha value is -4.28. The molecular weight excluding hydrogens is 505 g/mol. The number of aliphatic hydroxyl groups is 1. The predicted molar refractivity (Wildman–Crippen MR) is 155 cm³/mol. The molecule has 0 fully saturated rings. The quantitative estimate of drug-likeness (QED) is 0.255. The first-order chi connectivity index (χ1) is 19.2. The Morgan fingerprint density at radius 1 is 1.05 bits per heavy atom. The number of aryl methyl sites for hydroxylation is 2. The van der Waals surface area contributed by atoms with E-state index in [1.165, 1.54) is 6.07 Å². The monoisotopic (exact) mass is 539 g/mol. The Kier molecular flexibility index (Phi) is 8.81. The van der Waals surface area contributed by atoms with E-state index >= 15 is 4.39 Å². The minimum atomic E-state index is -0.734. The highest BCUT2D eigenvalue weighted by atomic mass is 19.1. The lowest BCUT2D eigenvalue weighted by Gasteiger charge is -2.24. The van der Waals surface area contributed by atoms with Gasteiger partial charge in [0.05, 0.1) is 36.0 Å². The van der Waals surface area contributed by atoms with Crippen molar-refractivity contribution in [3.05, 3.63) is 106 Å². The Morgan fingerprint density at radius 2 is 1.75 bits per heavy atom. The molecular formula is C33H34FN3O3. The van der Waals surface area contributed by atoms with Crippen molar-refractivity contribution in [3.63, 3.8) is 0 Å². The van der Waals surface area contributed by atoms with Gasteiger partial charge in [0, 0.05) is 12.0 Å². The molecule has 0 aliphatic heterocycles. The van der Waals surface area contributed by atoms with Gasteiger partial charge in [0.1, 0.15) is 23.0 Å². The van der Waals surface area contributed by atoms with Crippen molar-refractivity contribution in [1.29, 1.82) is 5.26 Å². The summed E-state index contributed by atoms with van der Waals surface area (Å²) < 4.78 is 22.8. The van der Waals surface area contributed by atoms with Gasteiger partial charge in [-0.1, -0.05) is 56.3 Å². The third kappa shape index (κ3) is 6.13.